The van der Waals surface area contributed by atoms with Crippen LogP contribution in [0.25, 0.3) is 0 Å². The summed E-state index contributed by atoms with van der Waals surface area (Å²) in [5.41, 5.74) is 5.71. The number of hydrogen-bond acceptors (Lipinski definition) is 7. The average Bonchev–Trinajstić information content (AvgIpc) is 2.99. The van der Waals surface area contributed by atoms with Crippen molar-refractivity contribution in [2.75, 3.05) is 16.8 Å². The van der Waals surface area contributed by atoms with Crippen molar-refractivity contribution < 1.29 is 8.42 Å². The number of aromatic amines is 1. The highest BCUT2D eigenvalue weighted by Crippen LogP contribution is 2.34. The number of nitrogens with two attached hydrogens (primary N) is 1. The van der Waals surface area contributed by atoms with Gasteiger partial charge in [0.15, 0.2) is 15.7 Å². The van der Waals surface area contributed by atoms with Crippen LogP contribution in [0.3, 0.4) is 0 Å². The number of hydrogen-bond donors (Lipinski definition) is 3. The fraction of sp³-hybridized carbons (Fsp3) is 0.455. The normalized spacial score (nSPS) is 13.3. The van der Waals surface area contributed by atoms with Crippen molar-refractivity contribution in [3.8, 4) is 0 Å². The van der Waals surface area contributed by atoms with Crippen molar-refractivity contribution in [3.63, 3.8) is 0 Å². The third-order valence-electron chi connectivity index (χ3n) is 2.74. The molecule has 0 aliphatic heterocycles. The third-order valence-corrected chi connectivity index (χ3v) is 5.64. The first-order valence-corrected chi connectivity index (χ1v) is 8.62. The molecule has 2 rings (SSSR count). The lowest BCUT2D eigenvalue weighted by atomic mass is 10.3. The second-order valence-corrected chi connectivity index (χ2v) is 7.20. The minimum atomic E-state index is -3.41. The summed E-state index contributed by atoms with van der Waals surface area (Å²) < 4.78 is 28.4. The summed E-state index contributed by atoms with van der Waals surface area (Å²) in [6, 6.07) is -0.166. The number of imidazole rings is 1. The van der Waals surface area contributed by atoms with Gasteiger partial charge in [-0.05, 0) is 24.9 Å². The Kier molecular flexibility index (Phi) is 4.29. The maximum Gasteiger partial charge on any atom is 0.185 e. The molecule has 0 spiro atoms. The molecule has 0 saturated carbocycles. The summed E-state index contributed by atoms with van der Waals surface area (Å²) in [4.78, 5) is 7.21. The van der Waals surface area contributed by atoms with Gasteiger partial charge in [0.25, 0.3) is 0 Å². The van der Waals surface area contributed by atoms with E-state index in [0.29, 0.717) is 11.4 Å². The van der Waals surface area contributed by atoms with E-state index in [1.54, 1.807) is 12.4 Å². The SMILES string of the molecule is CCCS(=O)(=O)c1c(N)nsc1NC(C)c1ncc[nH]1. The zero-order valence-electron chi connectivity index (χ0n) is 11.3. The first-order valence-electron chi connectivity index (χ1n) is 6.19. The van der Waals surface area contributed by atoms with Crippen LogP contribution in [-0.4, -0.2) is 28.5 Å². The van der Waals surface area contributed by atoms with Crippen molar-refractivity contribution in [1.82, 2.24) is 14.3 Å². The van der Waals surface area contributed by atoms with Crippen molar-refractivity contribution in [1.29, 1.82) is 0 Å². The molecular weight excluding hydrogens is 298 g/mol. The molecule has 0 fully saturated rings. The van der Waals surface area contributed by atoms with Gasteiger partial charge < -0.3 is 16.0 Å². The van der Waals surface area contributed by atoms with Crippen LogP contribution in [0.4, 0.5) is 10.8 Å². The number of nitrogen functional groups attached to an aromatic ring is 1. The number of anilines is 2. The summed E-state index contributed by atoms with van der Waals surface area (Å²) in [5.74, 6) is 0.827. The summed E-state index contributed by atoms with van der Waals surface area (Å²) in [5, 5.41) is 3.56. The highest BCUT2D eigenvalue weighted by Gasteiger charge is 2.26. The molecule has 0 saturated heterocycles. The predicted molar refractivity (Wildman–Crippen MR) is 79.5 cm³/mol. The van der Waals surface area contributed by atoms with Gasteiger partial charge in [-0.1, -0.05) is 6.92 Å². The first-order chi connectivity index (χ1) is 9.45. The van der Waals surface area contributed by atoms with Gasteiger partial charge in [-0.25, -0.2) is 13.4 Å². The molecule has 2 heterocycles. The molecule has 4 N–H and O–H groups in total. The van der Waals surface area contributed by atoms with Gasteiger partial charge >= 0.3 is 0 Å². The molecule has 0 aromatic carbocycles. The van der Waals surface area contributed by atoms with Crippen molar-refractivity contribution in [2.24, 2.45) is 0 Å². The minimum Gasteiger partial charge on any atom is -0.382 e. The van der Waals surface area contributed by atoms with E-state index in [2.05, 4.69) is 19.7 Å². The highest BCUT2D eigenvalue weighted by molar-refractivity contribution is 7.91. The summed E-state index contributed by atoms with van der Waals surface area (Å²) in [6.45, 7) is 3.69. The second-order valence-electron chi connectivity index (χ2n) is 4.39. The van der Waals surface area contributed by atoms with Crippen molar-refractivity contribution in [2.45, 2.75) is 31.2 Å². The molecule has 7 nitrogen and oxygen atoms in total. The number of nitrogens with one attached hydrogen (secondary N) is 2. The largest absolute Gasteiger partial charge is 0.382 e. The number of sulfone groups is 1. The van der Waals surface area contributed by atoms with Crippen LogP contribution in [0.15, 0.2) is 17.3 Å². The van der Waals surface area contributed by atoms with E-state index in [4.69, 9.17) is 5.73 Å². The van der Waals surface area contributed by atoms with Gasteiger partial charge in [0.2, 0.25) is 0 Å². The predicted octanol–water partition coefficient (Wildman–Crippen LogP) is 1.81. The van der Waals surface area contributed by atoms with Crippen molar-refractivity contribution in [3.05, 3.63) is 18.2 Å². The summed E-state index contributed by atoms with van der Waals surface area (Å²) in [6.07, 6.45) is 3.89. The molecule has 110 valence electrons. The van der Waals surface area contributed by atoms with Crippen LogP contribution in [0.1, 0.15) is 32.1 Å². The Morgan fingerprint density at radius 3 is 2.90 bits per heavy atom. The van der Waals surface area contributed by atoms with E-state index in [-0.39, 0.29) is 22.5 Å². The second kappa shape index (κ2) is 5.80. The van der Waals surface area contributed by atoms with Crippen LogP contribution < -0.4 is 11.1 Å². The Morgan fingerprint density at radius 1 is 1.55 bits per heavy atom. The van der Waals surface area contributed by atoms with E-state index in [1.165, 1.54) is 0 Å². The molecule has 0 aliphatic rings. The maximum absolute atomic E-state index is 12.2. The van der Waals surface area contributed by atoms with E-state index in [0.717, 1.165) is 17.4 Å². The van der Waals surface area contributed by atoms with Gasteiger partial charge in [-0.15, -0.1) is 0 Å². The molecule has 0 aliphatic carbocycles. The van der Waals surface area contributed by atoms with E-state index >= 15 is 0 Å². The molecule has 9 heteroatoms. The number of rotatable bonds is 6. The Morgan fingerprint density at radius 2 is 2.30 bits per heavy atom. The van der Waals surface area contributed by atoms with E-state index in [1.807, 2.05) is 13.8 Å². The lowest BCUT2D eigenvalue weighted by Crippen LogP contribution is -2.13. The molecule has 20 heavy (non-hydrogen) atoms. The van der Waals surface area contributed by atoms with Crippen LogP contribution >= 0.6 is 11.5 Å². The van der Waals surface area contributed by atoms with Gasteiger partial charge in [0.1, 0.15) is 15.7 Å². The Hall–Kier alpha value is -1.61. The molecule has 1 unspecified atom stereocenters. The zero-order valence-corrected chi connectivity index (χ0v) is 12.9. The maximum atomic E-state index is 12.2. The van der Waals surface area contributed by atoms with Crippen LogP contribution in [0, 0.1) is 0 Å². The Labute approximate surface area is 121 Å². The Balaban J connectivity index is 2.30. The topological polar surface area (TPSA) is 114 Å². The molecule has 1 atom stereocenters. The number of aromatic nitrogens is 3. The molecule has 0 bridgehead atoms. The quantitative estimate of drug-likeness (QED) is 0.749. The average molecular weight is 315 g/mol. The smallest absolute Gasteiger partial charge is 0.185 e. The van der Waals surface area contributed by atoms with Crippen LogP contribution in [0.5, 0.6) is 0 Å². The van der Waals surface area contributed by atoms with E-state index < -0.39 is 9.84 Å². The highest BCUT2D eigenvalue weighted by atomic mass is 32.2. The first kappa shape index (κ1) is 14.8. The van der Waals surface area contributed by atoms with Crippen molar-refractivity contribution >= 4 is 32.2 Å². The van der Waals surface area contributed by atoms with Gasteiger partial charge in [-0.3, -0.25) is 0 Å². The third kappa shape index (κ3) is 2.93. The standard InChI is InChI=1S/C11H17N5O2S2/c1-3-6-20(17,18)8-9(12)16-19-11(8)15-7(2)10-13-4-5-14-10/h4-5,7,15H,3,6H2,1-2H3,(H2,12,16)(H,13,14). The van der Waals surface area contributed by atoms with Gasteiger partial charge in [0, 0.05) is 12.4 Å². The summed E-state index contributed by atoms with van der Waals surface area (Å²) in [7, 11) is -3.41. The fourth-order valence-electron chi connectivity index (χ4n) is 1.84. The van der Waals surface area contributed by atoms with Crippen LogP contribution in [0.2, 0.25) is 0 Å². The molecule has 2 aromatic rings. The van der Waals surface area contributed by atoms with Gasteiger partial charge in [0.05, 0.1) is 11.8 Å². The monoisotopic (exact) mass is 315 g/mol. The summed E-state index contributed by atoms with van der Waals surface area (Å²) >= 11 is 1.05. The van der Waals surface area contributed by atoms with Crippen LogP contribution in [-0.2, 0) is 9.84 Å². The Bertz CT molecular complexity index is 663. The zero-order chi connectivity index (χ0) is 14.8. The number of nitrogens with zero attached hydrogens (tertiary/aromatic N) is 2. The van der Waals surface area contributed by atoms with Gasteiger partial charge in [-0.2, -0.15) is 4.37 Å². The molecule has 0 amide bonds. The number of H-pyrrole nitrogens is 1. The lowest BCUT2D eigenvalue weighted by Gasteiger charge is -2.12. The fourth-order valence-corrected chi connectivity index (χ4v) is 4.53. The molecule has 0 radical (unpaired) electrons. The lowest BCUT2D eigenvalue weighted by molar-refractivity contribution is 0.595. The molecule has 2 aromatic heterocycles. The molecular formula is C11H17N5O2S2. The van der Waals surface area contributed by atoms with E-state index in [9.17, 15) is 8.42 Å². The minimum absolute atomic E-state index is 0.0533.